The van der Waals surface area contributed by atoms with E-state index in [1.807, 2.05) is 0 Å². The number of furan rings is 1. The number of carbonyl (C=O) groups is 1. The lowest BCUT2D eigenvalue weighted by atomic mass is 10.2. The van der Waals surface area contributed by atoms with Crippen LogP contribution in [-0.4, -0.2) is 28.5 Å². The highest BCUT2D eigenvalue weighted by Gasteiger charge is 2.31. The van der Waals surface area contributed by atoms with E-state index < -0.39 is 12.3 Å². The number of alkyl halides is 3. The summed E-state index contributed by atoms with van der Waals surface area (Å²) in [6.07, 6.45) is -3.27. The normalized spacial score (nSPS) is 11.7. The summed E-state index contributed by atoms with van der Waals surface area (Å²) in [7, 11) is 0. The number of thiophene rings is 1. The topological polar surface area (TPSA) is 83.6 Å². The van der Waals surface area contributed by atoms with Gasteiger partial charge < -0.3 is 13.9 Å². The maximum atomic E-state index is 13.5. The molecule has 0 amide bonds. The van der Waals surface area contributed by atoms with Gasteiger partial charge in [0, 0.05) is 5.75 Å². The van der Waals surface area contributed by atoms with Gasteiger partial charge >= 0.3 is 12.3 Å². The third-order valence-electron chi connectivity index (χ3n) is 4.90. The second-order valence-electron chi connectivity index (χ2n) is 7.30. The molecule has 0 radical (unpaired) electrons. The number of benzene rings is 1. The van der Waals surface area contributed by atoms with Crippen molar-refractivity contribution >= 4 is 39.3 Å². The standard InChI is InChI=1S/C23H19F3N2O5S2/c1-3-31-21(30)18-13(2)17-19(35-18)27-22(28(20(17)29)11-16-5-4-10-32-16)34-12-14-6-8-15(9-7-14)33-23(24,25)26/h4-10H,3,11-12H2,1-2H3. The van der Waals surface area contributed by atoms with Crippen LogP contribution in [0, 0.1) is 6.92 Å². The number of hydrogen-bond acceptors (Lipinski definition) is 8. The summed E-state index contributed by atoms with van der Waals surface area (Å²) in [5, 5.41) is 0.716. The molecule has 3 aromatic heterocycles. The van der Waals surface area contributed by atoms with E-state index in [0.717, 1.165) is 11.3 Å². The molecular weight excluding hydrogens is 505 g/mol. The number of aromatic nitrogens is 2. The van der Waals surface area contributed by atoms with E-state index in [9.17, 15) is 22.8 Å². The van der Waals surface area contributed by atoms with E-state index in [1.165, 1.54) is 46.9 Å². The molecule has 12 heteroatoms. The van der Waals surface area contributed by atoms with E-state index in [4.69, 9.17) is 9.15 Å². The van der Waals surface area contributed by atoms with Crippen molar-refractivity contribution in [3.8, 4) is 5.75 Å². The molecular formula is C23H19F3N2O5S2. The van der Waals surface area contributed by atoms with Gasteiger partial charge in [-0.05, 0) is 49.2 Å². The summed E-state index contributed by atoms with van der Waals surface area (Å²) in [4.78, 5) is 31.2. The zero-order valence-corrected chi connectivity index (χ0v) is 20.2. The number of esters is 1. The number of fused-ring (bicyclic) bond motifs is 1. The molecule has 0 bridgehead atoms. The molecule has 7 nitrogen and oxygen atoms in total. The maximum Gasteiger partial charge on any atom is 0.573 e. The van der Waals surface area contributed by atoms with Crippen LogP contribution in [0.5, 0.6) is 5.75 Å². The molecule has 4 aromatic rings. The summed E-state index contributed by atoms with van der Waals surface area (Å²) < 4.78 is 53.1. The largest absolute Gasteiger partial charge is 0.573 e. The number of thioether (sulfide) groups is 1. The van der Waals surface area contributed by atoms with Gasteiger partial charge in [-0.15, -0.1) is 24.5 Å². The molecule has 0 saturated heterocycles. The van der Waals surface area contributed by atoms with Gasteiger partial charge in [0.15, 0.2) is 5.16 Å². The van der Waals surface area contributed by atoms with Crippen molar-refractivity contribution in [2.75, 3.05) is 6.61 Å². The van der Waals surface area contributed by atoms with Gasteiger partial charge in [-0.2, -0.15) is 0 Å². The minimum Gasteiger partial charge on any atom is -0.467 e. The van der Waals surface area contributed by atoms with Crippen LogP contribution in [0.3, 0.4) is 0 Å². The van der Waals surface area contributed by atoms with Crippen LogP contribution in [0.25, 0.3) is 10.2 Å². The predicted molar refractivity (Wildman–Crippen MR) is 125 cm³/mol. The Labute approximate surface area is 205 Å². The summed E-state index contributed by atoms with van der Waals surface area (Å²) in [6, 6.07) is 8.91. The van der Waals surface area contributed by atoms with Crippen molar-refractivity contribution in [2.45, 2.75) is 37.7 Å². The van der Waals surface area contributed by atoms with E-state index in [1.54, 1.807) is 26.0 Å². The highest BCUT2D eigenvalue weighted by atomic mass is 32.2. The third kappa shape index (κ3) is 5.70. The summed E-state index contributed by atoms with van der Waals surface area (Å²) in [5.41, 5.74) is 0.885. The molecule has 0 aliphatic rings. The molecule has 0 unspecified atom stereocenters. The van der Waals surface area contributed by atoms with E-state index in [-0.39, 0.29) is 24.5 Å². The van der Waals surface area contributed by atoms with Crippen LogP contribution in [0.4, 0.5) is 13.2 Å². The van der Waals surface area contributed by atoms with Crippen molar-refractivity contribution in [3.05, 3.63) is 74.8 Å². The van der Waals surface area contributed by atoms with Crippen LogP contribution < -0.4 is 10.3 Å². The molecule has 35 heavy (non-hydrogen) atoms. The van der Waals surface area contributed by atoms with Crippen LogP contribution in [0.1, 0.15) is 33.5 Å². The number of aryl methyl sites for hydroxylation is 1. The first-order chi connectivity index (χ1) is 16.7. The average Bonchev–Trinajstić information content (AvgIpc) is 3.42. The Morgan fingerprint density at radius 2 is 1.97 bits per heavy atom. The van der Waals surface area contributed by atoms with Gasteiger partial charge in [-0.25, -0.2) is 9.78 Å². The van der Waals surface area contributed by atoms with Crippen molar-refractivity contribution in [1.82, 2.24) is 9.55 Å². The van der Waals surface area contributed by atoms with E-state index >= 15 is 0 Å². The SMILES string of the molecule is CCOC(=O)c1sc2nc(SCc3ccc(OC(F)(F)F)cc3)n(Cc3ccco3)c(=O)c2c1C. The average molecular weight is 525 g/mol. The highest BCUT2D eigenvalue weighted by molar-refractivity contribution is 7.98. The first-order valence-corrected chi connectivity index (χ1v) is 12.2. The smallest absolute Gasteiger partial charge is 0.467 e. The Hall–Kier alpha value is -3.25. The molecule has 1 aromatic carbocycles. The number of halogens is 3. The monoisotopic (exact) mass is 524 g/mol. The van der Waals surface area contributed by atoms with Gasteiger partial charge in [-0.1, -0.05) is 23.9 Å². The van der Waals surface area contributed by atoms with Crippen LogP contribution in [0.15, 0.2) is 57.0 Å². The molecule has 4 rings (SSSR count). The second-order valence-corrected chi connectivity index (χ2v) is 9.24. The molecule has 0 spiro atoms. The molecule has 0 aliphatic heterocycles. The number of hydrogen-bond donors (Lipinski definition) is 0. The van der Waals surface area contributed by atoms with Gasteiger partial charge in [0.1, 0.15) is 21.2 Å². The number of rotatable bonds is 8. The zero-order chi connectivity index (χ0) is 25.2. The quantitative estimate of drug-likeness (QED) is 0.164. The highest BCUT2D eigenvalue weighted by Crippen LogP contribution is 2.31. The molecule has 0 saturated carbocycles. The predicted octanol–water partition coefficient (Wildman–Crippen LogP) is 5.78. The van der Waals surface area contributed by atoms with Crippen molar-refractivity contribution < 1.29 is 31.9 Å². The third-order valence-corrected chi connectivity index (χ3v) is 7.11. The van der Waals surface area contributed by atoms with Crippen LogP contribution in [-0.2, 0) is 17.0 Å². The number of carbonyl (C=O) groups excluding carboxylic acids is 1. The summed E-state index contributed by atoms with van der Waals surface area (Å²) in [6.45, 7) is 3.71. The Balaban J connectivity index is 1.68. The lowest BCUT2D eigenvalue weighted by molar-refractivity contribution is -0.274. The number of nitrogens with zero attached hydrogens (tertiary/aromatic N) is 2. The summed E-state index contributed by atoms with van der Waals surface area (Å²) >= 11 is 2.33. The molecule has 3 heterocycles. The lowest BCUT2D eigenvalue weighted by Crippen LogP contribution is -2.23. The molecule has 184 valence electrons. The minimum absolute atomic E-state index is 0.124. The zero-order valence-electron chi connectivity index (χ0n) is 18.5. The molecule has 0 aliphatic carbocycles. The fourth-order valence-corrected chi connectivity index (χ4v) is 5.40. The Kier molecular flexibility index (Phi) is 7.22. The molecule has 0 atom stereocenters. The summed E-state index contributed by atoms with van der Waals surface area (Å²) in [5.74, 6) is 0.0426. The Bertz CT molecular complexity index is 1390. The van der Waals surface area contributed by atoms with E-state index in [2.05, 4.69) is 9.72 Å². The van der Waals surface area contributed by atoms with Crippen LogP contribution in [0.2, 0.25) is 0 Å². The molecule has 0 N–H and O–H groups in total. The van der Waals surface area contributed by atoms with Gasteiger partial charge in [0.2, 0.25) is 0 Å². The Morgan fingerprint density at radius 3 is 2.60 bits per heavy atom. The van der Waals surface area contributed by atoms with Gasteiger partial charge in [0.25, 0.3) is 5.56 Å². The van der Waals surface area contributed by atoms with E-state index in [0.29, 0.717) is 42.9 Å². The maximum absolute atomic E-state index is 13.5. The van der Waals surface area contributed by atoms with Gasteiger partial charge in [-0.3, -0.25) is 9.36 Å². The first kappa shape index (κ1) is 24.9. The number of ether oxygens (including phenoxy) is 2. The minimum atomic E-state index is -4.77. The second kappa shape index (κ2) is 10.2. The fraction of sp³-hybridized carbons (Fsp3) is 0.261. The fourth-order valence-electron chi connectivity index (χ4n) is 3.33. The van der Waals surface area contributed by atoms with Crippen molar-refractivity contribution in [2.24, 2.45) is 0 Å². The first-order valence-electron chi connectivity index (χ1n) is 10.4. The van der Waals surface area contributed by atoms with Crippen molar-refractivity contribution in [1.29, 1.82) is 0 Å². The lowest BCUT2D eigenvalue weighted by Gasteiger charge is -2.12. The van der Waals surface area contributed by atoms with Crippen molar-refractivity contribution in [3.63, 3.8) is 0 Å². The van der Waals surface area contributed by atoms with Crippen LogP contribution >= 0.6 is 23.1 Å². The molecule has 0 fully saturated rings. The Morgan fingerprint density at radius 1 is 1.23 bits per heavy atom. The van der Waals surface area contributed by atoms with Gasteiger partial charge in [0.05, 0.1) is 24.8 Å².